The molecule has 2 aromatic rings. The standard InChI is InChI=1S/C14H18N4O2S/c1-3-8-16-13-9-12(17-14(15)18-13)10-4-6-11(7-5-10)21(2,19)20/h4-7,9H,3,8H2,1-2H3,(H3,15,16,17,18). The van der Waals surface area contributed by atoms with E-state index in [2.05, 4.69) is 22.2 Å². The third-order valence-corrected chi connectivity index (χ3v) is 4.01. The molecule has 0 aliphatic rings. The molecule has 0 spiro atoms. The van der Waals surface area contributed by atoms with E-state index in [0.29, 0.717) is 11.5 Å². The Kier molecular flexibility index (Phi) is 4.42. The molecule has 6 nitrogen and oxygen atoms in total. The van der Waals surface area contributed by atoms with Gasteiger partial charge in [0.25, 0.3) is 0 Å². The number of benzene rings is 1. The lowest BCUT2D eigenvalue weighted by molar-refractivity contribution is 0.602. The smallest absolute Gasteiger partial charge is 0.222 e. The highest BCUT2D eigenvalue weighted by Crippen LogP contribution is 2.22. The van der Waals surface area contributed by atoms with E-state index in [1.165, 1.54) is 6.26 Å². The molecule has 1 aromatic heterocycles. The van der Waals surface area contributed by atoms with Crippen LogP contribution in [0.2, 0.25) is 0 Å². The van der Waals surface area contributed by atoms with Gasteiger partial charge in [-0.15, -0.1) is 0 Å². The zero-order valence-electron chi connectivity index (χ0n) is 12.0. The highest BCUT2D eigenvalue weighted by atomic mass is 32.2. The Balaban J connectivity index is 2.35. The largest absolute Gasteiger partial charge is 0.370 e. The van der Waals surface area contributed by atoms with Gasteiger partial charge in [0.15, 0.2) is 9.84 Å². The van der Waals surface area contributed by atoms with E-state index in [1.54, 1.807) is 30.3 Å². The average Bonchev–Trinajstić information content (AvgIpc) is 2.44. The summed E-state index contributed by atoms with van der Waals surface area (Å²) >= 11 is 0. The molecule has 0 saturated carbocycles. The van der Waals surface area contributed by atoms with Crippen LogP contribution in [0.15, 0.2) is 35.2 Å². The third kappa shape index (κ3) is 3.91. The third-order valence-electron chi connectivity index (χ3n) is 2.88. The zero-order chi connectivity index (χ0) is 15.5. The number of hydrogen-bond acceptors (Lipinski definition) is 6. The molecule has 0 fully saturated rings. The summed E-state index contributed by atoms with van der Waals surface area (Å²) in [6, 6.07) is 8.33. The van der Waals surface area contributed by atoms with Gasteiger partial charge in [-0.2, -0.15) is 4.98 Å². The van der Waals surface area contributed by atoms with E-state index in [1.807, 2.05) is 0 Å². The van der Waals surface area contributed by atoms with Gasteiger partial charge in [-0.05, 0) is 18.6 Å². The molecule has 0 amide bonds. The molecular weight excluding hydrogens is 288 g/mol. The molecule has 0 radical (unpaired) electrons. The van der Waals surface area contributed by atoms with Crippen molar-refractivity contribution in [3.63, 3.8) is 0 Å². The van der Waals surface area contributed by atoms with Crippen molar-refractivity contribution >= 4 is 21.6 Å². The van der Waals surface area contributed by atoms with Gasteiger partial charge in [0.1, 0.15) is 5.82 Å². The van der Waals surface area contributed by atoms with Crippen LogP contribution in [-0.4, -0.2) is 31.2 Å². The Bertz CT molecular complexity index is 727. The van der Waals surface area contributed by atoms with Crippen molar-refractivity contribution in [1.29, 1.82) is 0 Å². The molecule has 0 aliphatic carbocycles. The van der Waals surface area contributed by atoms with Crippen molar-refractivity contribution in [2.24, 2.45) is 0 Å². The van der Waals surface area contributed by atoms with Crippen molar-refractivity contribution in [2.45, 2.75) is 18.2 Å². The van der Waals surface area contributed by atoms with Gasteiger partial charge in [0.2, 0.25) is 5.95 Å². The first-order valence-electron chi connectivity index (χ1n) is 6.59. The Morgan fingerprint density at radius 3 is 2.43 bits per heavy atom. The van der Waals surface area contributed by atoms with Crippen molar-refractivity contribution < 1.29 is 8.42 Å². The lowest BCUT2D eigenvalue weighted by atomic mass is 10.1. The Hall–Kier alpha value is -2.15. The molecule has 0 bridgehead atoms. The first-order chi connectivity index (χ1) is 9.90. The minimum absolute atomic E-state index is 0.179. The van der Waals surface area contributed by atoms with Gasteiger partial charge < -0.3 is 11.1 Å². The molecule has 1 aromatic carbocycles. The normalized spacial score (nSPS) is 11.3. The summed E-state index contributed by atoms with van der Waals surface area (Å²) in [4.78, 5) is 8.57. The van der Waals surface area contributed by atoms with Crippen molar-refractivity contribution in [1.82, 2.24) is 9.97 Å². The Morgan fingerprint density at radius 2 is 1.86 bits per heavy atom. The number of nitrogen functional groups attached to an aromatic ring is 1. The van der Waals surface area contributed by atoms with E-state index in [0.717, 1.165) is 18.5 Å². The first kappa shape index (κ1) is 15.2. The highest BCUT2D eigenvalue weighted by Gasteiger charge is 2.09. The first-order valence-corrected chi connectivity index (χ1v) is 8.48. The van der Waals surface area contributed by atoms with Crippen LogP contribution < -0.4 is 11.1 Å². The number of nitrogens with zero attached hydrogens (tertiary/aromatic N) is 2. The van der Waals surface area contributed by atoms with Crippen LogP contribution in [0.5, 0.6) is 0 Å². The van der Waals surface area contributed by atoms with Gasteiger partial charge in [-0.1, -0.05) is 19.1 Å². The average molecular weight is 306 g/mol. The van der Waals surface area contributed by atoms with Gasteiger partial charge in [-0.25, -0.2) is 13.4 Å². The fourth-order valence-corrected chi connectivity index (χ4v) is 2.46. The van der Waals surface area contributed by atoms with Gasteiger partial charge in [-0.3, -0.25) is 0 Å². The number of rotatable bonds is 5. The number of sulfone groups is 1. The fraction of sp³-hybridized carbons (Fsp3) is 0.286. The van der Waals surface area contributed by atoms with Crippen molar-refractivity contribution in [3.8, 4) is 11.3 Å². The van der Waals surface area contributed by atoms with E-state index in [4.69, 9.17) is 5.73 Å². The Labute approximate surface area is 124 Å². The predicted molar refractivity (Wildman–Crippen MR) is 83.8 cm³/mol. The van der Waals surface area contributed by atoms with E-state index in [9.17, 15) is 8.42 Å². The van der Waals surface area contributed by atoms with Crippen LogP contribution in [0, 0.1) is 0 Å². The molecular formula is C14H18N4O2S. The topological polar surface area (TPSA) is 98.0 Å². The van der Waals surface area contributed by atoms with Gasteiger partial charge in [0.05, 0.1) is 10.6 Å². The fourth-order valence-electron chi connectivity index (χ4n) is 1.83. The SMILES string of the molecule is CCCNc1cc(-c2ccc(S(C)(=O)=O)cc2)nc(N)n1. The maximum atomic E-state index is 11.5. The molecule has 2 rings (SSSR count). The number of nitrogens with one attached hydrogen (secondary N) is 1. The second kappa shape index (κ2) is 6.09. The summed E-state index contributed by atoms with van der Waals surface area (Å²) in [5.41, 5.74) is 7.15. The summed E-state index contributed by atoms with van der Waals surface area (Å²) in [5.74, 6) is 0.838. The summed E-state index contributed by atoms with van der Waals surface area (Å²) in [7, 11) is -3.20. The number of nitrogens with two attached hydrogens (primary N) is 1. The molecule has 21 heavy (non-hydrogen) atoms. The zero-order valence-corrected chi connectivity index (χ0v) is 12.8. The quantitative estimate of drug-likeness (QED) is 0.876. The van der Waals surface area contributed by atoms with Crippen LogP contribution in [0.3, 0.4) is 0 Å². The van der Waals surface area contributed by atoms with E-state index >= 15 is 0 Å². The minimum atomic E-state index is -3.20. The van der Waals surface area contributed by atoms with Crippen LogP contribution in [0.1, 0.15) is 13.3 Å². The molecule has 112 valence electrons. The number of aromatic nitrogens is 2. The van der Waals surface area contributed by atoms with Crippen LogP contribution >= 0.6 is 0 Å². The van der Waals surface area contributed by atoms with Crippen LogP contribution in [-0.2, 0) is 9.84 Å². The van der Waals surface area contributed by atoms with E-state index < -0.39 is 9.84 Å². The van der Waals surface area contributed by atoms with Gasteiger partial charge >= 0.3 is 0 Å². The maximum Gasteiger partial charge on any atom is 0.222 e. The minimum Gasteiger partial charge on any atom is -0.370 e. The lowest BCUT2D eigenvalue weighted by Crippen LogP contribution is -2.05. The lowest BCUT2D eigenvalue weighted by Gasteiger charge is -2.08. The van der Waals surface area contributed by atoms with Crippen molar-refractivity contribution in [2.75, 3.05) is 23.9 Å². The Morgan fingerprint density at radius 1 is 1.19 bits per heavy atom. The highest BCUT2D eigenvalue weighted by molar-refractivity contribution is 7.90. The van der Waals surface area contributed by atoms with Crippen LogP contribution in [0.25, 0.3) is 11.3 Å². The summed E-state index contributed by atoms with van der Waals surface area (Å²) in [6.07, 6.45) is 2.15. The molecule has 0 saturated heterocycles. The monoisotopic (exact) mass is 306 g/mol. The molecule has 3 N–H and O–H groups in total. The molecule has 0 atom stereocenters. The van der Waals surface area contributed by atoms with Crippen LogP contribution in [0.4, 0.5) is 11.8 Å². The molecule has 0 unspecified atom stereocenters. The van der Waals surface area contributed by atoms with Crippen molar-refractivity contribution in [3.05, 3.63) is 30.3 Å². The summed E-state index contributed by atoms with van der Waals surface area (Å²) in [6.45, 7) is 2.85. The molecule has 7 heteroatoms. The predicted octanol–water partition coefficient (Wildman–Crippen LogP) is 1.95. The van der Waals surface area contributed by atoms with E-state index in [-0.39, 0.29) is 10.8 Å². The number of hydrogen-bond donors (Lipinski definition) is 2. The van der Waals surface area contributed by atoms with Gasteiger partial charge in [0, 0.05) is 24.4 Å². The summed E-state index contributed by atoms with van der Waals surface area (Å²) in [5, 5.41) is 3.15. The molecule has 1 heterocycles. The second-order valence-corrected chi connectivity index (χ2v) is 6.74. The second-order valence-electron chi connectivity index (χ2n) is 4.72. The summed E-state index contributed by atoms with van der Waals surface area (Å²) < 4.78 is 22.9. The maximum absolute atomic E-state index is 11.5. The molecule has 0 aliphatic heterocycles. The number of anilines is 2.